The minimum absolute atomic E-state index is 0.0207. The lowest BCUT2D eigenvalue weighted by atomic mass is 9.74. The molecule has 1 aromatic heterocycles. The van der Waals surface area contributed by atoms with Gasteiger partial charge in [0.15, 0.2) is 0 Å². The van der Waals surface area contributed by atoms with Crippen molar-refractivity contribution < 1.29 is 4.79 Å². The van der Waals surface area contributed by atoms with Crippen molar-refractivity contribution in [1.82, 2.24) is 4.98 Å². The fourth-order valence-corrected chi connectivity index (χ4v) is 3.83. The SMILES string of the molecule is CC(C)(C)c1ccc(NC(=O)C2=CCC(C)(c3ncccc3Cl)CC2)cc1. The second-order valence-corrected chi connectivity index (χ2v) is 9.02. The van der Waals surface area contributed by atoms with Crippen molar-refractivity contribution in [2.45, 2.75) is 57.8 Å². The van der Waals surface area contributed by atoms with Crippen molar-refractivity contribution in [2.75, 3.05) is 5.32 Å². The van der Waals surface area contributed by atoms with E-state index in [1.165, 1.54) is 5.56 Å². The minimum atomic E-state index is -0.128. The van der Waals surface area contributed by atoms with Gasteiger partial charge >= 0.3 is 0 Å². The van der Waals surface area contributed by atoms with E-state index in [1.807, 2.05) is 30.3 Å². The van der Waals surface area contributed by atoms with Crippen LogP contribution < -0.4 is 5.32 Å². The molecule has 2 aromatic rings. The zero-order chi connectivity index (χ0) is 19.7. The van der Waals surface area contributed by atoms with E-state index in [4.69, 9.17) is 11.6 Å². The number of aromatic nitrogens is 1. The Kier molecular flexibility index (Phi) is 5.43. The van der Waals surface area contributed by atoms with Gasteiger partial charge in [0, 0.05) is 22.9 Å². The number of carbonyl (C=O) groups is 1. The number of nitrogens with zero attached hydrogens (tertiary/aromatic N) is 1. The van der Waals surface area contributed by atoms with E-state index in [2.05, 4.69) is 50.1 Å². The van der Waals surface area contributed by atoms with Crippen LogP contribution in [0.4, 0.5) is 5.69 Å². The molecule has 0 aliphatic heterocycles. The Hall–Kier alpha value is -2.13. The van der Waals surface area contributed by atoms with Gasteiger partial charge < -0.3 is 5.32 Å². The molecule has 27 heavy (non-hydrogen) atoms. The smallest absolute Gasteiger partial charge is 0.251 e. The normalized spacial score (nSPS) is 20.1. The quantitative estimate of drug-likeness (QED) is 0.703. The van der Waals surface area contributed by atoms with Crippen molar-refractivity contribution in [3.63, 3.8) is 0 Å². The third-order valence-corrected chi connectivity index (χ3v) is 5.68. The van der Waals surface area contributed by atoms with Gasteiger partial charge in [0.1, 0.15) is 0 Å². The molecule has 0 spiro atoms. The highest BCUT2D eigenvalue weighted by Gasteiger charge is 2.33. The Bertz CT molecular complexity index is 865. The van der Waals surface area contributed by atoms with Crippen LogP contribution in [0.5, 0.6) is 0 Å². The molecule has 1 aliphatic carbocycles. The number of allylic oxidation sites excluding steroid dienone is 1. The number of carbonyl (C=O) groups excluding carboxylic acids is 1. The lowest BCUT2D eigenvalue weighted by molar-refractivity contribution is -0.113. The van der Waals surface area contributed by atoms with Crippen molar-refractivity contribution >= 4 is 23.2 Å². The van der Waals surface area contributed by atoms with Gasteiger partial charge in [0.05, 0.1) is 10.7 Å². The van der Waals surface area contributed by atoms with Crippen LogP contribution in [0.1, 0.15) is 58.2 Å². The fraction of sp³-hybridized carbons (Fsp3) is 0.391. The Balaban J connectivity index is 1.69. The second kappa shape index (κ2) is 7.47. The number of pyridine rings is 1. The summed E-state index contributed by atoms with van der Waals surface area (Å²) >= 11 is 6.34. The van der Waals surface area contributed by atoms with E-state index in [0.29, 0.717) is 5.02 Å². The predicted molar refractivity (Wildman–Crippen MR) is 112 cm³/mol. The summed E-state index contributed by atoms with van der Waals surface area (Å²) in [7, 11) is 0. The first-order valence-corrected chi connectivity index (χ1v) is 9.79. The van der Waals surface area contributed by atoms with Crippen molar-refractivity contribution in [2.24, 2.45) is 0 Å². The van der Waals surface area contributed by atoms with Crippen molar-refractivity contribution in [1.29, 1.82) is 0 Å². The standard InChI is InChI=1S/C23H27ClN2O/c1-22(2,3)17-7-9-18(10-8-17)26-21(27)16-11-13-23(4,14-12-16)20-19(24)6-5-15-25-20/h5-11,15H,12-14H2,1-4H3,(H,26,27). The van der Waals surface area contributed by atoms with Crippen LogP contribution in [0.15, 0.2) is 54.2 Å². The summed E-state index contributed by atoms with van der Waals surface area (Å²) in [5.41, 5.74) is 3.80. The maximum atomic E-state index is 12.6. The number of rotatable bonds is 3. The highest BCUT2D eigenvalue weighted by Crippen LogP contribution is 2.40. The lowest BCUT2D eigenvalue weighted by Crippen LogP contribution is -2.28. The van der Waals surface area contributed by atoms with E-state index in [0.717, 1.165) is 36.2 Å². The Morgan fingerprint density at radius 1 is 1.19 bits per heavy atom. The number of hydrogen-bond acceptors (Lipinski definition) is 2. The van der Waals surface area contributed by atoms with E-state index >= 15 is 0 Å². The first-order chi connectivity index (χ1) is 12.7. The maximum absolute atomic E-state index is 12.6. The summed E-state index contributed by atoms with van der Waals surface area (Å²) in [6, 6.07) is 11.8. The summed E-state index contributed by atoms with van der Waals surface area (Å²) < 4.78 is 0. The summed E-state index contributed by atoms with van der Waals surface area (Å²) in [6.45, 7) is 8.70. The molecule has 1 N–H and O–H groups in total. The van der Waals surface area contributed by atoms with E-state index in [-0.39, 0.29) is 16.7 Å². The van der Waals surface area contributed by atoms with Crippen LogP contribution in [0.2, 0.25) is 5.02 Å². The number of nitrogens with one attached hydrogen (secondary N) is 1. The average molecular weight is 383 g/mol. The van der Waals surface area contributed by atoms with Crippen LogP contribution in [0.25, 0.3) is 0 Å². The number of halogens is 1. The van der Waals surface area contributed by atoms with Gasteiger partial charge in [-0.05, 0) is 54.5 Å². The summed E-state index contributed by atoms with van der Waals surface area (Å²) in [5, 5.41) is 3.71. The molecule has 1 heterocycles. The van der Waals surface area contributed by atoms with Gasteiger partial charge in [-0.2, -0.15) is 0 Å². The largest absolute Gasteiger partial charge is 0.322 e. The van der Waals surface area contributed by atoms with E-state index in [9.17, 15) is 4.79 Å². The third-order valence-electron chi connectivity index (χ3n) is 5.38. The Morgan fingerprint density at radius 3 is 2.44 bits per heavy atom. The summed E-state index contributed by atoms with van der Waals surface area (Å²) in [5.74, 6) is -0.0207. The fourth-order valence-electron chi connectivity index (χ4n) is 3.48. The van der Waals surface area contributed by atoms with Gasteiger partial charge in [-0.25, -0.2) is 0 Å². The number of benzene rings is 1. The molecule has 4 heteroatoms. The number of amides is 1. The lowest BCUT2D eigenvalue weighted by Gasteiger charge is -2.32. The predicted octanol–water partition coefficient (Wildman–Crippen LogP) is 6.04. The van der Waals surface area contributed by atoms with Gasteiger partial charge in [-0.3, -0.25) is 9.78 Å². The molecule has 1 atom stereocenters. The van der Waals surface area contributed by atoms with Gasteiger partial charge in [0.25, 0.3) is 5.91 Å². The monoisotopic (exact) mass is 382 g/mol. The zero-order valence-electron chi connectivity index (χ0n) is 16.5. The first kappa shape index (κ1) is 19.6. The average Bonchev–Trinajstić information content (AvgIpc) is 2.62. The molecule has 0 radical (unpaired) electrons. The summed E-state index contributed by atoms with van der Waals surface area (Å²) in [4.78, 5) is 17.1. The molecule has 1 amide bonds. The molecular weight excluding hydrogens is 356 g/mol. The molecule has 3 nitrogen and oxygen atoms in total. The topological polar surface area (TPSA) is 42.0 Å². The zero-order valence-corrected chi connectivity index (χ0v) is 17.2. The highest BCUT2D eigenvalue weighted by atomic mass is 35.5. The van der Waals surface area contributed by atoms with Gasteiger partial charge in [-0.1, -0.05) is 57.5 Å². The molecule has 1 unspecified atom stereocenters. The van der Waals surface area contributed by atoms with Crippen molar-refractivity contribution in [3.05, 3.63) is 70.5 Å². The van der Waals surface area contributed by atoms with Crippen LogP contribution in [-0.4, -0.2) is 10.9 Å². The van der Waals surface area contributed by atoms with Gasteiger partial charge in [0.2, 0.25) is 0 Å². The molecule has 142 valence electrons. The number of hydrogen-bond donors (Lipinski definition) is 1. The molecule has 0 saturated heterocycles. The molecule has 1 aliphatic rings. The molecular formula is C23H27ClN2O. The minimum Gasteiger partial charge on any atom is -0.322 e. The van der Waals surface area contributed by atoms with E-state index in [1.54, 1.807) is 6.20 Å². The van der Waals surface area contributed by atoms with E-state index < -0.39 is 0 Å². The molecule has 0 fully saturated rings. The van der Waals surface area contributed by atoms with Crippen molar-refractivity contribution in [3.8, 4) is 0 Å². The summed E-state index contributed by atoms with van der Waals surface area (Å²) in [6.07, 6.45) is 6.14. The van der Waals surface area contributed by atoms with Crippen LogP contribution >= 0.6 is 11.6 Å². The molecule has 0 saturated carbocycles. The molecule has 3 rings (SSSR count). The Morgan fingerprint density at radius 2 is 1.89 bits per heavy atom. The molecule has 0 bridgehead atoms. The Labute approximate surface area is 166 Å². The van der Waals surface area contributed by atoms with Gasteiger partial charge in [-0.15, -0.1) is 0 Å². The van der Waals surface area contributed by atoms with Crippen LogP contribution in [0, 0.1) is 0 Å². The third kappa shape index (κ3) is 4.41. The van der Waals surface area contributed by atoms with Crippen LogP contribution in [0.3, 0.4) is 0 Å². The second-order valence-electron chi connectivity index (χ2n) is 8.61. The van der Waals surface area contributed by atoms with Crippen LogP contribution in [-0.2, 0) is 15.6 Å². The maximum Gasteiger partial charge on any atom is 0.251 e. The highest BCUT2D eigenvalue weighted by molar-refractivity contribution is 6.31. The first-order valence-electron chi connectivity index (χ1n) is 9.41. The molecule has 1 aromatic carbocycles. The number of anilines is 1.